The average molecular weight is 224 g/mol. The third-order valence-electron chi connectivity index (χ3n) is 2.17. The molecule has 0 spiro atoms. The normalized spacial score (nSPS) is 12.4. The Morgan fingerprint density at radius 1 is 1.38 bits per heavy atom. The van der Waals surface area contributed by atoms with E-state index in [0.29, 0.717) is 5.56 Å². The number of benzene rings is 1. The van der Waals surface area contributed by atoms with E-state index >= 15 is 0 Å². The van der Waals surface area contributed by atoms with E-state index in [1.165, 1.54) is 29.2 Å². The van der Waals surface area contributed by atoms with Gasteiger partial charge in [0.25, 0.3) is 5.69 Å². The number of carboxylic acids is 1. The van der Waals surface area contributed by atoms with E-state index in [4.69, 9.17) is 5.11 Å². The lowest BCUT2D eigenvalue weighted by Crippen LogP contribution is -2.27. The molecule has 0 bridgehead atoms. The van der Waals surface area contributed by atoms with Crippen molar-refractivity contribution in [3.05, 3.63) is 39.9 Å². The Labute approximate surface area is 92.3 Å². The maximum Gasteiger partial charge on any atom is 0.325 e. The summed E-state index contributed by atoms with van der Waals surface area (Å²) >= 11 is 0. The minimum absolute atomic E-state index is 0.0494. The van der Waals surface area contributed by atoms with Gasteiger partial charge in [0.2, 0.25) is 0 Å². The molecule has 86 valence electrons. The summed E-state index contributed by atoms with van der Waals surface area (Å²) < 4.78 is 0. The zero-order valence-corrected chi connectivity index (χ0v) is 8.95. The van der Waals surface area contributed by atoms with Crippen LogP contribution in [0.5, 0.6) is 0 Å². The van der Waals surface area contributed by atoms with Crippen molar-refractivity contribution in [1.29, 1.82) is 0 Å². The van der Waals surface area contributed by atoms with Crippen molar-refractivity contribution >= 4 is 11.7 Å². The average Bonchev–Trinajstić information content (AvgIpc) is 2.17. The highest BCUT2D eigenvalue weighted by Crippen LogP contribution is 2.21. The van der Waals surface area contributed by atoms with Crippen molar-refractivity contribution in [2.24, 2.45) is 0 Å². The van der Waals surface area contributed by atoms with Gasteiger partial charge in [-0.1, -0.05) is 12.1 Å². The largest absolute Gasteiger partial charge is 0.480 e. The fourth-order valence-electron chi connectivity index (χ4n) is 1.44. The van der Waals surface area contributed by atoms with E-state index in [-0.39, 0.29) is 5.69 Å². The topological polar surface area (TPSA) is 83.7 Å². The SMILES string of the molecule is CN(C)C(C(=O)O)c1ccc([N+](=O)[O-])cc1. The van der Waals surface area contributed by atoms with Gasteiger partial charge in [0.15, 0.2) is 0 Å². The van der Waals surface area contributed by atoms with Crippen LogP contribution in [-0.4, -0.2) is 35.0 Å². The fraction of sp³-hybridized carbons (Fsp3) is 0.300. The van der Waals surface area contributed by atoms with Gasteiger partial charge >= 0.3 is 5.97 Å². The minimum Gasteiger partial charge on any atom is -0.480 e. The molecule has 16 heavy (non-hydrogen) atoms. The summed E-state index contributed by atoms with van der Waals surface area (Å²) in [5.41, 5.74) is 0.467. The molecule has 0 radical (unpaired) electrons. The van der Waals surface area contributed by atoms with E-state index in [0.717, 1.165) is 0 Å². The Hall–Kier alpha value is -1.95. The Morgan fingerprint density at radius 3 is 2.19 bits per heavy atom. The molecule has 0 aliphatic rings. The number of nitro groups is 1. The molecule has 1 aromatic carbocycles. The van der Waals surface area contributed by atoms with Crippen LogP contribution >= 0.6 is 0 Å². The monoisotopic (exact) mass is 224 g/mol. The van der Waals surface area contributed by atoms with E-state index in [2.05, 4.69) is 0 Å². The second-order valence-electron chi connectivity index (χ2n) is 3.55. The maximum atomic E-state index is 11.0. The summed E-state index contributed by atoms with van der Waals surface area (Å²) in [4.78, 5) is 22.4. The Kier molecular flexibility index (Phi) is 3.57. The Bertz CT molecular complexity index is 400. The maximum absolute atomic E-state index is 11.0. The number of nitrogens with zero attached hydrogens (tertiary/aromatic N) is 2. The van der Waals surface area contributed by atoms with Gasteiger partial charge in [-0.2, -0.15) is 0 Å². The highest BCUT2D eigenvalue weighted by atomic mass is 16.6. The molecule has 0 heterocycles. The number of hydrogen-bond acceptors (Lipinski definition) is 4. The Balaban J connectivity index is 3.03. The van der Waals surface area contributed by atoms with Crippen LogP contribution in [0.15, 0.2) is 24.3 Å². The number of rotatable bonds is 4. The van der Waals surface area contributed by atoms with Crippen LogP contribution in [0.3, 0.4) is 0 Å². The lowest BCUT2D eigenvalue weighted by molar-refractivity contribution is -0.384. The number of likely N-dealkylation sites (N-methyl/N-ethyl adjacent to an activating group) is 1. The van der Waals surface area contributed by atoms with Gasteiger partial charge in [0.05, 0.1) is 4.92 Å². The third-order valence-corrected chi connectivity index (χ3v) is 2.17. The number of carbonyl (C=O) groups is 1. The highest BCUT2D eigenvalue weighted by molar-refractivity contribution is 5.75. The highest BCUT2D eigenvalue weighted by Gasteiger charge is 2.22. The molecule has 0 aliphatic carbocycles. The van der Waals surface area contributed by atoms with Crippen molar-refractivity contribution in [2.45, 2.75) is 6.04 Å². The molecule has 0 amide bonds. The Morgan fingerprint density at radius 2 is 1.88 bits per heavy atom. The van der Waals surface area contributed by atoms with Crippen molar-refractivity contribution in [3.63, 3.8) is 0 Å². The van der Waals surface area contributed by atoms with Gasteiger partial charge in [0, 0.05) is 12.1 Å². The fourth-order valence-corrected chi connectivity index (χ4v) is 1.44. The number of nitro benzene ring substituents is 1. The van der Waals surface area contributed by atoms with Gasteiger partial charge in [-0.05, 0) is 19.7 Å². The van der Waals surface area contributed by atoms with Gasteiger partial charge < -0.3 is 5.11 Å². The first-order chi connectivity index (χ1) is 7.43. The van der Waals surface area contributed by atoms with Crippen LogP contribution in [-0.2, 0) is 4.79 Å². The van der Waals surface area contributed by atoms with Gasteiger partial charge in [-0.15, -0.1) is 0 Å². The van der Waals surface area contributed by atoms with Crippen LogP contribution in [0.1, 0.15) is 11.6 Å². The molecule has 6 heteroatoms. The summed E-state index contributed by atoms with van der Waals surface area (Å²) in [6.07, 6.45) is 0. The molecule has 0 saturated heterocycles. The summed E-state index contributed by atoms with van der Waals surface area (Å²) in [7, 11) is 3.28. The van der Waals surface area contributed by atoms with E-state index in [1.807, 2.05) is 0 Å². The molecule has 0 aromatic heterocycles. The molecule has 0 fully saturated rings. The number of hydrogen-bond donors (Lipinski definition) is 1. The van der Waals surface area contributed by atoms with E-state index in [1.54, 1.807) is 14.1 Å². The summed E-state index contributed by atoms with van der Waals surface area (Å²) in [5.74, 6) is -0.987. The van der Waals surface area contributed by atoms with Crippen LogP contribution in [0.25, 0.3) is 0 Å². The quantitative estimate of drug-likeness (QED) is 0.615. The summed E-state index contributed by atoms with van der Waals surface area (Å²) in [5, 5.41) is 19.4. The molecule has 0 aliphatic heterocycles. The first-order valence-corrected chi connectivity index (χ1v) is 4.57. The summed E-state index contributed by atoms with van der Waals surface area (Å²) in [6.45, 7) is 0. The lowest BCUT2D eigenvalue weighted by Gasteiger charge is -2.19. The molecule has 1 N–H and O–H groups in total. The van der Waals surface area contributed by atoms with Crippen molar-refractivity contribution in [1.82, 2.24) is 4.90 Å². The van der Waals surface area contributed by atoms with Crippen LogP contribution < -0.4 is 0 Å². The van der Waals surface area contributed by atoms with Crippen LogP contribution in [0.4, 0.5) is 5.69 Å². The van der Waals surface area contributed by atoms with Crippen molar-refractivity contribution < 1.29 is 14.8 Å². The van der Waals surface area contributed by atoms with Crippen LogP contribution in [0.2, 0.25) is 0 Å². The standard InChI is InChI=1S/C10H12N2O4/c1-11(2)9(10(13)14)7-3-5-8(6-4-7)12(15)16/h3-6,9H,1-2H3,(H,13,14). The first-order valence-electron chi connectivity index (χ1n) is 4.57. The van der Waals surface area contributed by atoms with Gasteiger partial charge in [0.1, 0.15) is 6.04 Å². The molecule has 0 saturated carbocycles. The predicted octanol–water partition coefficient (Wildman–Crippen LogP) is 1.28. The van der Waals surface area contributed by atoms with E-state index in [9.17, 15) is 14.9 Å². The lowest BCUT2D eigenvalue weighted by atomic mass is 10.1. The first kappa shape index (κ1) is 12.1. The van der Waals surface area contributed by atoms with Crippen LogP contribution in [0, 0.1) is 10.1 Å². The molecule has 1 unspecified atom stereocenters. The number of carboxylic acid groups (broad SMARTS) is 1. The minimum atomic E-state index is -0.987. The van der Waals surface area contributed by atoms with Crippen molar-refractivity contribution in [3.8, 4) is 0 Å². The second kappa shape index (κ2) is 4.71. The molecular weight excluding hydrogens is 212 g/mol. The third kappa shape index (κ3) is 2.54. The van der Waals surface area contributed by atoms with E-state index < -0.39 is 16.9 Å². The summed E-state index contributed by atoms with van der Waals surface area (Å²) in [6, 6.07) is 4.72. The molecule has 1 aromatic rings. The second-order valence-corrected chi connectivity index (χ2v) is 3.55. The molecule has 1 atom stereocenters. The zero-order chi connectivity index (χ0) is 12.3. The molecular formula is C10H12N2O4. The van der Waals surface area contributed by atoms with Crippen molar-refractivity contribution in [2.75, 3.05) is 14.1 Å². The molecule has 1 rings (SSSR count). The van der Waals surface area contributed by atoms with Gasteiger partial charge in [-0.25, -0.2) is 0 Å². The molecule has 6 nitrogen and oxygen atoms in total. The smallest absolute Gasteiger partial charge is 0.325 e. The van der Waals surface area contributed by atoms with Gasteiger partial charge in [-0.3, -0.25) is 19.8 Å². The zero-order valence-electron chi connectivity index (χ0n) is 8.95. The predicted molar refractivity (Wildman–Crippen MR) is 57.2 cm³/mol. The number of non-ortho nitro benzene ring substituents is 1. The number of aliphatic carboxylic acids is 1.